The van der Waals surface area contributed by atoms with Crippen LogP contribution in [0.4, 0.5) is 17.6 Å². The molecule has 3 aromatic rings. The molecule has 0 aliphatic carbocycles. The van der Waals surface area contributed by atoms with Gasteiger partial charge in [-0.3, -0.25) is 4.57 Å². The first-order valence-electron chi connectivity index (χ1n) is 8.52. The van der Waals surface area contributed by atoms with Crippen LogP contribution in [0.5, 0.6) is 0 Å². The van der Waals surface area contributed by atoms with Crippen LogP contribution in [0, 0.1) is 0 Å². The quantitative estimate of drug-likeness (QED) is 0.282. The molecule has 0 spiro atoms. The van der Waals surface area contributed by atoms with Crippen molar-refractivity contribution in [1.29, 1.82) is 0 Å². The van der Waals surface area contributed by atoms with Crippen LogP contribution in [-0.2, 0) is 0 Å². The van der Waals surface area contributed by atoms with Crippen molar-refractivity contribution in [2.45, 2.75) is 16.8 Å². The van der Waals surface area contributed by atoms with E-state index in [0.717, 1.165) is 0 Å². The van der Waals surface area contributed by atoms with Crippen molar-refractivity contribution in [3.8, 4) is 22.5 Å². The molecule has 0 saturated carbocycles. The van der Waals surface area contributed by atoms with E-state index < -0.39 is 11.7 Å². The highest BCUT2D eigenvalue weighted by Crippen LogP contribution is 2.43. The van der Waals surface area contributed by atoms with E-state index in [-0.39, 0.29) is 22.0 Å². The van der Waals surface area contributed by atoms with Gasteiger partial charge in [-0.1, -0.05) is 60.7 Å². The Morgan fingerprint density at radius 3 is 2.00 bits per heavy atom. The number of alkyl halides is 4. The van der Waals surface area contributed by atoms with E-state index in [2.05, 4.69) is 4.98 Å². The van der Waals surface area contributed by atoms with E-state index in [9.17, 15) is 17.6 Å². The van der Waals surface area contributed by atoms with Crippen molar-refractivity contribution in [2.75, 3.05) is 14.1 Å². The number of imidazole rings is 1. The van der Waals surface area contributed by atoms with E-state index in [1.54, 1.807) is 67.5 Å². The Kier molecular flexibility index (Phi) is 6.28. The van der Waals surface area contributed by atoms with Crippen LogP contribution in [-0.4, -0.2) is 45.3 Å². The molecule has 0 radical (unpaired) electrons. The smallest absolute Gasteiger partial charge is 0.355 e. The van der Waals surface area contributed by atoms with Gasteiger partial charge in [0, 0.05) is 25.2 Å². The molecule has 1 aromatic heterocycles. The molecule has 3 rings (SSSR count). The Morgan fingerprint density at radius 2 is 1.52 bits per heavy atom. The van der Waals surface area contributed by atoms with E-state index in [0.29, 0.717) is 22.5 Å². The molecule has 0 saturated heterocycles. The summed E-state index contributed by atoms with van der Waals surface area (Å²) in [7, 11) is 3.30. The average Bonchev–Trinajstić information content (AvgIpc) is 3.06. The second kappa shape index (κ2) is 8.54. The van der Waals surface area contributed by atoms with Gasteiger partial charge in [0.05, 0.1) is 11.4 Å². The first-order valence-corrected chi connectivity index (χ1v) is 9.75. The highest BCUT2D eigenvalue weighted by molar-refractivity contribution is 8.00. The number of thioether (sulfide) groups is 1. The third-order valence-corrected chi connectivity index (χ3v) is 5.45. The fraction of sp³-hybridized carbons (Fsp3) is 0.200. The lowest BCUT2D eigenvalue weighted by molar-refractivity contribution is -0.0565. The molecule has 0 aliphatic rings. The van der Waals surface area contributed by atoms with Crippen LogP contribution < -0.4 is 0 Å². The minimum Gasteiger partial charge on any atom is -0.355 e. The summed E-state index contributed by atoms with van der Waals surface area (Å²) in [5.74, 6) is 0. The lowest BCUT2D eigenvalue weighted by Gasteiger charge is -2.21. The number of halogens is 4. The summed E-state index contributed by atoms with van der Waals surface area (Å²) in [6.45, 7) is 0. The number of hydrogen-bond donors (Lipinski definition) is 0. The molecular weight excluding hydrogens is 422 g/mol. The average molecular weight is 440 g/mol. The van der Waals surface area contributed by atoms with Crippen molar-refractivity contribution >= 4 is 29.1 Å². The van der Waals surface area contributed by atoms with Gasteiger partial charge in [-0.05, 0) is 24.0 Å². The summed E-state index contributed by atoms with van der Waals surface area (Å²) in [4.78, 5) is 5.87. The van der Waals surface area contributed by atoms with Crippen LogP contribution in [0.15, 0.2) is 65.8 Å². The number of benzene rings is 2. The van der Waals surface area contributed by atoms with E-state index >= 15 is 0 Å². The summed E-state index contributed by atoms with van der Waals surface area (Å²) < 4.78 is 55.0. The third-order valence-electron chi connectivity index (χ3n) is 4.00. The van der Waals surface area contributed by atoms with Crippen LogP contribution in [0.25, 0.3) is 22.5 Å². The zero-order valence-corrected chi connectivity index (χ0v) is 17.2. The Hall–Kier alpha value is -2.39. The molecule has 29 heavy (non-hydrogen) atoms. The first kappa shape index (κ1) is 21.3. The van der Waals surface area contributed by atoms with Gasteiger partial charge >= 0.3 is 11.7 Å². The van der Waals surface area contributed by atoms with Crippen LogP contribution in [0.1, 0.15) is 0 Å². The molecule has 0 unspecified atom stereocenters. The molecule has 0 fully saturated rings. The largest absolute Gasteiger partial charge is 0.360 e. The Balaban J connectivity index is 2.32. The molecule has 2 aromatic carbocycles. The highest BCUT2D eigenvalue weighted by Gasteiger charge is 2.44. The maximum absolute atomic E-state index is 13.9. The molecule has 0 bridgehead atoms. The third kappa shape index (κ3) is 4.45. The lowest BCUT2D eigenvalue weighted by Crippen LogP contribution is -2.29. The fourth-order valence-electron chi connectivity index (χ4n) is 2.67. The molecule has 0 amide bonds. The summed E-state index contributed by atoms with van der Waals surface area (Å²) in [5.41, 5.74) is 2.18. The molecule has 152 valence electrons. The number of rotatable bonds is 5. The van der Waals surface area contributed by atoms with Gasteiger partial charge in [0.1, 0.15) is 0 Å². The molecule has 3 nitrogen and oxygen atoms in total. The van der Waals surface area contributed by atoms with E-state index in [1.807, 2.05) is 12.1 Å². The molecular formula is C20H17F4N3S2. The van der Waals surface area contributed by atoms with Crippen molar-refractivity contribution in [3.05, 3.63) is 60.7 Å². The standard InChI is InChI=1S/C20H17F4N3S2/c1-26(2)19(28)27-16(14-11-7-4-8-12-14)15(13-9-5-3-6-10-13)25-18(27)29-20(23,24)17(21)22/h3-12,17H,1-2H3. The minimum absolute atomic E-state index is 0.158. The van der Waals surface area contributed by atoms with Crippen molar-refractivity contribution in [2.24, 2.45) is 0 Å². The molecule has 1 heterocycles. The second-order valence-electron chi connectivity index (χ2n) is 6.30. The zero-order chi connectivity index (χ0) is 21.2. The predicted molar refractivity (Wildman–Crippen MR) is 112 cm³/mol. The van der Waals surface area contributed by atoms with Crippen molar-refractivity contribution in [1.82, 2.24) is 14.5 Å². The summed E-state index contributed by atoms with van der Waals surface area (Å²) >= 11 is 5.15. The summed E-state index contributed by atoms with van der Waals surface area (Å²) in [6, 6.07) is 17.9. The summed E-state index contributed by atoms with van der Waals surface area (Å²) in [5, 5.41) is -4.45. The minimum atomic E-state index is -4.31. The summed E-state index contributed by atoms with van der Waals surface area (Å²) in [6.07, 6.45) is -3.84. The van der Waals surface area contributed by atoms with Gasteiger partial charge in [0.25, 0.3) is 0 Å². The van der Waals surface area contributed by atoms with E-state index in [4.69, 9.17) is 12.2 Å². The topological polar surface area (TPSA) is 21.1 Å². The van der Waals surface area contributed by atoms with Gasteiger partial charge in [-0.2, -0.15) is 8.78 Å². The lowest BCUT2D eigenvalue weighted by atomic mass is 10.0. The fourth-order valence-corrected chi connectivity index (χ4v) is 3.65. The molecule has 9 heteroatoms. The SMILES string of the molecule is CN(C)C(=S)n1c(SC(F)(F)C(F)F)nc(-c2ccccc2)c1-c1ccccc1. The predicted octanol–water partition coefficient (Wildman–Crippen LogP) is 5.86. The first-order chi connectivity index (χ1) is 13.7. The Morgan fingerprint density at radius 1 is 1.00 bits per heavy atom. The van der Waals surface area contributed by atoms with Crippen LogP contribution >= 0.6 is 24.0 Å². The molecule has 0 aliphatic heterocycles. The Bertz CT molecular complexity index is 990. The number of nitrogens with zero attached hydrogens (tertiary/aromatic N) is 3. The van der Waals surface area contributed by atoms with Gasteiger partial charge in [0.2, 0.25) is 0 Å². The maximum Gasteiger partial charge on any atom is 0.360 e. The normalized spacial score (nSPS) is 11.7. The highest BCUT2D eigenvalue weighted by atomic mass is 32.2. The number of thiocarbonyl (C=S) groups is 1. The molecule has 0 atom stereocenters. The Labute approximate surface area is 175 Å². The van der Waals surface area contributed by atoms with Crippen molar-refractivity contribution < 1.29 is 17.6 Å². The zero-order valence-electron chi connectivity index (χ0n) is 15.5. The van der Waals surface area contributed by atoms with Gasteiger partial charge in [0.15, 0.2) is 10.3 Å². The van der Waals surface area contributed by atoms with Gasteiger partial charge < -0.3 is 4.90 Å². The molecule has 0 N–H and O–H groups in total. The van der Waals surface area contributed by atoms with Crippen LogP contribution in [0.3, 0.4) is 0 Å². The van der Waals surface area contributed by atoms with Gasteiger partial charge in [-0.25, -0.2) is 13.8 Å². The van der Waals surface area contributed by atoms with E-state index in [1.165, 1.54) is 4.57 Å². The van der Waals surface area contributed by atoms with Crippen molar-refractivity contribution in [3.63, 3.8) is 0 Å². The van der Waals surface area contributed by atoms with Crippen LogP contribution in [0.2, 0.25) is 0 Å². The maximum atomic E-state index is 13.9. The monoisotopic (exact) mass is 439 g/mol. The van der Waals surface area contributed by atoms with Gasteiger partial charge in [-0.15, -0.1) is 0 Å². The number of hydrogen-bond acceptors (Lipinski definition) is 3. The number of aromatic nitrogens is 2. The second-order valence-corrected chi connectivity index (χ2v) is 7.78.